The lowest BCUT2D eigenvalue weighted by Crippen LogP contribution is -2.08. The van der Waals surface area contributed by atoms with Crippen LogP contribution in [0.4, 0.5) is 10.2 Å². The second kappa shape index (κ2) is 8.33. The number of hydrogen-bond acceptors (Lipinski definition) is 5. The second-order valence-corrected chi connectivity index (χ2v) is 8.00. The van der Waals surface area contributed by atoms with Crippen LogP contribution in [0, 0.1) is 24.1 Å². The Morgan fingerprint density at radius 2 is 2.00 bits per heavy atom. The van der Waals surface area contributed by atoms with Crippen LogP contribution >= 0.6 is 0 Å². The minimum absolute atomic E-state index is 0.0696. The number of nitriles is 1. The number of aromatic nitrogens is 1. The van der Waals surface area contributed by atoms with Crippen LogP contribution in [0.3, 0.4) is 0 Å². The maximum atomic E-state index is 12.9. The van der Waals surface area contributed by atoms with E-state index in [9.17, 15) is 18.4 Å². The van der Waals surface area contributed by atoms with Gasteiger partial charge in [0.15, 0.2) is 10.0 Å². The minimum atomic E-state index is -3.56. The van der Waals surface area contributed by atoms with Crippen LogP contribution in [0.1, 0.15) is 17.5 Å². The quantitative estimate of drug-likeness (QED) is 0.601. The maximum absolute atomic E-state index is 12.9. The largest absolute Gasteiger partial charge is 0.369 e. The molecule has 0 aliphatic carbocycles. The second-order valence-electron chi connectivity index (χ2n) is 6.28. The number of halogens is 1. The molecule has 0 spiro atoms. The van der Waals surface area contributed by atoms with Crippen LogP contribution in [0.2, 0.25) is 0 Å². The van der Waals surface area contributed by atoms with Gasteiger partial charge in [-0.25, -0.2) is 17.9 Å². The lowest BCUT2D eigenvalue weighted by Gasteiger charge is -2.09. The standard InChI is InChI=1S/C20H19FN4O2S/c1-14-3-4-15-12-16(13-22)20(25-19(15)11-14)23-9-2-10-24-28(26,27)18-7-5-17(21)6-8-18/h3-8,11-12H,2,9-10H2,1H3,(H,23,25)(H,24,26,27). The third kappa shape index (κ3) is 4.63. The first-order valence-electron chi connectivity index (χ1n) is 8.65. The van der Waals surface area contributed by atoms with Crippen molar-refractivity contribution in [2.24, 2.45) is 4.36 Å². The van der Waals surface area contributed by atoms with Gasteiger partial charge in [0.05, 0.1) is 22.5 Å². The van der Waals surface area contributed by atoms with Crippen molar-refractivity contribution in [3.63, 3.8) is 0 Å². The first-order chi connectivity index (χ1) is 13.4. The van der Waals surface area contributed by atoms with E-state index in [2.05, 4.69) is 20.7 Å². The molecule has 28 heavy (non-hydrogen) atoms. The van der Waals surface area contributed by atoms with Gasteiger partial charge in [-0.05, 0) is 55.3 Å². The number of benzene rings is 2. The predicted molar refractivity (Wildman–Crippen MR) is 107 cm³/mol. The highest BCUT2D eigenvalue weighted by atomic mass is 32.2. The van der Waals surface area contributed by atoms with Gasteiger partial charge in [0, 0.05) is 11.9 Å². The van der Waals surface area contributed by atoms with Gasteiger partial charge in [-0.2, -0.15) is 5.26 Å². The first kappa shape index (κ1) is 19.7. The van der Waals surface area contributed by atoms with Crippen LogP contribution in [-0.4, -0.2) is 26.8 Å². The summed E-state index contributed by atoms with van der Waals surface area (Å²) in [6.07, 6.45) is 0.469. The van der Waals surface area contributed by atoms with E-state index in [1.807, 2.05) is 25.1 Å². The van der Waals surface area contributed by atoms with E-state index < -0.39 is 15.8 Å². The summed E-state index contributed by atoms with van der Waals surface area (Å²) < 4.78 is 38.9. The van der Waals surface area contributed by atoms with Crippen molar-refractivity contribution < 1.29 is 13.2 Å². The Kier molecular flexibility index (Phi) is 5.87. The van der Waals surface area contributed by atoms with Gasteiger partial charge in [0.1, 0.15) is 17.7 Å². The van der Waals surface area contributed by atoms with Gasteiger partial charge in [0.25, 0.3) is 0 Å². The molecular weight excluding hydrogens is 379 g/mol. The molecule has 144 valence electrons. The van der Waals surface area contributed by atoms with E-state index in [-0.39, 0.29) is 11.4 Å². The lowest BCUT2D eigenvalue weighted by molar-refractivity contribution is 0.547. The smallest absolute Gasteiger partial charge is 0.190 e. The molecule has 0 fully saturated rings. The average molecular weight is 398 g/mol. The number of hydrogen-bond donors (Lipinski definition) is 2. The van der Waals surface area contributed by atoms with Crippen LogP contribution in [0.25, 0.3) is 10.9 Å². The predicted octanol–water partition coefficient (Wildman–Crippen LogP) is 4.36. The number of pyridine rings is 1. The monoisotopic (exact) mass is 398 g/mol. The highest BCUT2D eigenvalue weighted by Gasteiger charge is 2.09. The van der Waals surface area contributed by atoms with Crippen molar-refractivity contribution in [2.75, 3.05) is 18.4 Å². The molecule has 0 aliphatic rings. The molecule has 2 aromatic carbocycles. The van der Waals surface area contributed by atoms with E-state index in [0.717, 1.165) is 28.6 Å². The molecule has 0 radical (unpaired) electrons. The summed E-state index contributed by atoms with van der Waals surface area (Å²) in [7, 11) is -3.56. The van der Waals surface area contributed by atoms with E-state index in [1.165, 1.54) is 12.1 Å². The van der Waals surface area contributed by atoms with Gasteiger partial charge >= 0.3 is 0 Å². The molecule has 1 unspecified atom stereocenters. The van der Waals surface area contributed by atoms with E-state index >= 15 is 0 Å². The topological polar surface area (TPSA) is 98.4 Å². The molecule has 0 saturated heterocycles. The summed E-state index contributed by atoms with van der Waals surface area (Å²) in [5.74, 6) is -0.00149. The fourth-order valence-electron chi connectivity index (χ4n) is 2.66. The van der Waals surface area contributed by atoms with E-state index in [1.54, 1.807) is 6.07 Å². The lowest BCUT2D eigenvalue weighted by atomic mass is 10.1. The van der Waals surface area contributed by atoms with Gasteiger partial charge in [-0.1, -0.05) is 12.1 Å². The van der Waals surface area contributed by atoms with Gasteiger partial charge < -0.3 is 5.32 Å². The Bertz CT molecular complexity index is 1160. The number of rotatable bonds is 6. The zero-order valence-corrected chi connectivity index (χ0v) is 16.0. The number of aryl methyl sites for hydroxylation is 1. The summed E-state index contributed by atoms with van der Waals surface area (Å²) in [5.41, 5.74) is 2.30. The van der Waals surface area contributed by atoms with Crippen molar-refractivity contribution >= 4 is 26.7 Å². The fourth-order valence-corrected chi connectivity index (χ4v) is 3.67. The SMILES string of the molecule is Cc1ccc2cc(C#N)c(NCCCN=S(=O)(O)c3ccc(F)cc3)nc2c1. The number of fused-ring (bicyclic) bond motifs is 1. The Morgan fingerprint density at radius 3 is 2.71 bits per heavy atom. The van der Waals surface area contributed by atoms with Gasteiger partial charge in [0.2, 0.25) is 0 Å². The molecule has 0 saturated carbocycles. The summed E-state index contributed by atoms with van der Waals surface area (Å²) in [5, 5.41) is 13.3. The molecule has 0 amide bonds. The molecule has 3 aromatic rings. The Balaban J connectivity index is 1.66. The van der Waals surface area contributed by atoms with Gasteiger partial charge in [-0.15, -0.1) is 0 Å². The third-order valence-electron chi connectivity index (χ3n) is 4.11. The molecule has 2 N–H and O–H groups in total. The average Bonchev–Trinajstić information content (AvgIpc) is 2.67. The van der Waals surface area contributed by atoms with Crippen LogP contribution in [0.5, 0.6) is 0 Å². The van der Waals surface area contributed by atoms with Crippen LogP contribution in [-0.2, 0) is 10.0 Å². The molecule has 8 heteroatoms. The minimum Gasteiger partial charge on any atom is -0.369 e. The van der Waals surface area contributed by atoms with Gasteiger partial charge in [-0.3, -0.25) is 4.55 Å². The maximum Gasteiger partial charge on any atom is 0.190 e. The zero-order chi connectivity index (χ0) is 20.1. The highest BCUT2D eigenvalue weighted by Crippen LogP contribution is 2.21. The molecule has 0 aliphatic heterocycles. The Hall–Kier alpha value is -3.02. The molecule has 6 nitrogen and oxygen atoms in total. The molecule has 3 rings (SSSR count). The fraction of sp³-hybridized carbons (Fsp3) is 0.200. The van der Waals surface area contributed by atoms with Crippen molar-refractivity contribution in [3.8, 4) is 6.07 Å². The van der Waals surface area contributed by atoms with Crippen molar-refractivity contribution in [2.45, 2.75) is 18.2 Å². The summed E-state index contributed by atoms with van der Waals surface area (Å²) >= 11 is 0. The van der Waals surface area contributed by atoms with Crippen LogP contribution in [0.15, 0.2) is 57.8 Å². The zero-order valence-electron chi connectivity index (χ0n) is 15.2. The number of nitrogens with zero attached hydrogens (tertiary/aromatic N) is 3. The third-order valence-corrected chi connectivity index (χ3v) is 5.53. The summed E-state index contributed by atoms with van der Waals surface area (Å²) in [6.45, 7) is 2.54. The molecular formula is C20H19FN4O2S. The van der Waals surface area contributed by atoms with Crippen molar-refractivity contribution in [1.29, 1.82) is 5.26 Å². The molecule has 0 bridgehead atoms. The highest BCUT2D eigenvalue weighted by molar-refractivity contribution is 7.88. The first-order valence-corrected chi connectivity index (χ1v) is 10.1. The summed E-state index contributed by atoms with van der Waals surface area (Å²) in [6, 6.07) is 14.5. The van der Waals surface area contributed by atoms with Crippen molar-refractivity contribution in [1.82, 2.24) is 4.98 Å². The summed E-state index contributed by atoms with van der Waals surface area (Å²) in [4.78, 5) is 4.57. The van der Waals surface area contributed by atoms with E-state index in [0.29, 0.717) is 24.3 Å². The Morgan fingerprint density at radius 1 is 1.25 bits per heavy atom. The van der Waals surface area contributed by atoms with Crippen LogP contribution < -0.4 is 5.32 Å². The molecule has 1 atom stereocenters. The van der Waals surface area contributed by atoms with Crippen molar-refractivity contribution in [3.05, 3.63) is 65.5 Å². The molecule has 1 heterocycles. The Labute approximate surface area is 163 Å². The number of nitrogens with one attached hydrogen (secondary N) is 1. The number of anilines is 1. The van der Waals surface area contributed by atoms with E-state index in [4.69, 9.17) is 0 Å². The molecule has 1 aromatic heterocycles. The normalized spacial score (nSPS) is 12.9.